The standard InChI is InChI=1S/C13H18O3S/c1-2-8-15-9-10-16-11-13-6-5-12(17-13)4-3-7-14/h5-6,14H,2,7-11H2,1H3. The average Bonchev–Trinajstić information content (AvgIpc) is 2.79. The molecule has 0 saturated heterocycles. The molecule has 1 rings (SSSR count). The predicted octanol–water partition coefficient (Wildman–Crippen LogP) is 2.04. The number of rotatable bonds is 7. The van der Waals surface area contributed by atoms with E-state index in [0.29, 0.717) is 19.8 Å². The van der Waals surface area contributed by atoms with Crippen molar-refractivity contribution < 1.29 is 14.6 Å². The Labute approximate surface area is 106 Å². The van der Waals surface area contributed by atoms with E-state index in [4.69, 9.17) is 14.6 Å². The molecule has 0 aliphatic carbocycles. The summed E-state index contributed by atoms with van der Waals surface area (Å²) in [6.07, 6.45) is 1.04. The zero-order valence-corrected chi connectivity index (χ0v) is 10.9. The summed E-state index contributed by atoms with van der Waals surface area (Å²) < 4.78 is 10.8. The van der Waals surface area contributed by atoms with Gasteiger partial charge in [0.15, 0.2) is 0 Å². The van der Waals surface area contributed by atoms with Gasteiger partial charge in [0.1, 0.15) is 6.61 Å². The molecule has 0 unspecified atom stereocenters. The fourth-order valence-corrected chi connectivity index (χ4v) is 2.01. The first-order valence-electron chi connectivity index (χ1n) is 5.70. The maximum atomic E-state index is 8.57. The summed E-state index contributed by atoms with van der Waals surface area (Å²) in [4.78, 5) is 2.10. The molecule has 17 heavy (non-hydrogen) atoms. The molecule has 1 aromatic rings. The Morgan fingerprint density at radius 1 is 1.24 bits per heavy atom. The average molecular weight is 254 g/mol. The molecule has 0 fully saturated rings. The van der Waals surface area contributed by atoms with E-state index >= 15 is 0 Å². The summed E-state index contributed by atoms with van der Waals surface area (Å²) in [7, 11) is 0. The van der Waals surface area contributed by atoms with E-state index in [1.54, 1.807) is 11.3 Å². The van der Waals surface area contributed by atoms with Crippen molar-refractivity contribution in [3.8, 4) is 11.8 Å². The first-order valence-corrected chi connectivity index (χ1v) is 6.52. The molecular formula is C13H18O3S. The highest BCUT2D eigenvalue weighted by Crippen LogP contribution is 2.16. The minimum Gasteiger partial charge on any atom is -0.384 e. The Morgan fingerprint density at radius 2 is 2.06 bits per heavy atom. The van der Waals surface area contributed by atoms with Gasteiger partial charge in [0, 0.05) is 11.5 Å². The highest BCUT2D eigenvalue weighted by atomic mass is 32.1. The molecule has 0 aromatic carbocycles. The van der Waals surface area contributed by atoms with Crippen molar-refractivity contribution in [1.29, 1.82) is 0 Å². The van der Waals surface area contributed by atoms with Crippen molar-refractivity contribution in [2.75, 3.05) is 26.4 Å². The topological polar surface area (TPSA) is 38.7 Å². The van der Waals surface area contributed by atoms with Crippen LogP contribution in [-0.4, -0.2) is 31.5 Å². The van der Waals surface area contributed by atoms with Gasteiger partial charge < -0.3 is 14.6 Å². The van der Waals surface area contributed by atoms with E-state index in [-0.39, 0.29) is 6.61 Å². The molecule has 0 aliphatic rings. The lowest BCUT2D eigenvalue weighted by molar-refractivity contribution is 0.0417. The zero-order valence-electron chi connectivity index (χ0n) is 10.1. The first kappa shape index (κ1) is 14.2. The van der Waals surface area contributed by atoms with Crippen molar-refractivity contribution >= 4 is 11.3 Å². The Hall–Kier alpha value is -0.860. The molecule has 94 valence electrons. The van der Waals surface area contributed by atoms with Gasteiger partial charge in [0.2, 0.25) is 0 Å². The molecule has 0 atom stereocenters. The van der Waals surface area contributed by atoms with Gasteiger partial charge in [-0.25, -0.2) is 0 Å². The highest BCUT2D eigenvalue weighted by Gasteiger charge is 1.98. The molecule has 1 aromatic heterocycles. The second-order valence-electron chi connectivity index (χ2n) is 3.39. The number of ether oxygens (including phenoxy) is 2. The molecule has 0 amide bonds. The van der Waals surface area contributed by atoms with Crippen LogP contribution in [0.2, 0.25) is 0 Å². The molecule has 0 spiro atoms. The largest absolute Gasteiger partial charge is 0.384 e. The number of aliphatic hydroxyl groups is 1. The SMILES string of the molecule is CCCOCCOCc1ccc(C#CCO)s1. The molecular weight excluding hydrogens is 236 g/mol. The van der Waals surface area contributed by atoms with Crippen LogP contribution in [0.3, 0.4) is 0 Å². The third-order valence-corrected chi connectivity index (χ3v) is 2.89. The van der Waals surface area contributed by atoms with Crippen LogP contribution in [0.1, 0.15) is 23.1 Å². The smallest absolute Gasteiger partial charge is 0.104 e. The van der Waals surface area contributed by atoms with Crippen molar-refractivity contribution in [3.05, 3.63) is 21.9 Å². The maximum absolute atomic E-state index is 8.57. The Kier molecular flexibility index (Phi) is 7.69. The molecule has 3 nitrogen and oxygen atoms in total. The quantitative estimate of drug-likeness (QED) is 0.598. The highest BCUT2D eigenvalue weighted by molar-refractivity contribution is 7.12. The van der Waals surface area contributed by atoms with Crippen LogP contribution in [0.4, 0.5) is 0 Å². The molecule has 1 N–H and O–H groups in total. The normalized spacial score (nSPS) is 10.0. The monoisotopic (exact) mass is 254 g/mol. The van der Waals surface area contributed by atoms with Crippen LogP contribution < -0.4 is 0 Å². The van der Waals surface area contributed by atoms with Crippen LogP contribution in [0.15, 0.2) is 12.1 Å². The predicted molar refractivity (Wildman–Crippen MR) is 69.0 cm³/mol. The summed E-state index contributed by atoms with van der Waals surface area (Å²) in [5.74, 6) is 5.49. The fraction of sp³-hybridized carbons (Fsp3) is 0.538. The van der Waals surface area contributed by atoms with Gasteiger partial charge in [-0.2, -0.15) is 0 Å². The van der Waals surface area contributed by atoms with Gasteiger partial charge >= 0.3 is 0 Å². The number of thiophene rings is 1. The second-order valence-corrected chi connectivity index (χ2v) is 4.56. The minimum atomic E-state index is -0.0987. The summed E-state index contributed by atoms with van der Waals surface area (Å²) >= 11 is 1.59. The lowest BCUT2D eigenvalue weighted by Crippen LogP contribution is -2.04. The van der Waals surface area contributed by atoms with E-state index < -0.39 is 0 Å². The van der Waals surface area contributed by atoms with Gasteiger partial charge in [0.05, 0.1) is 24.7 Å². The Bertz CT molecular complexity index is 362. The molecule has 0 radical (unpaired) electrons. The van der Waals surface area contributed by atoms with Gasteiger partial charge in [-0.3, -0.25) is 0 Å². The van der Waals surface area contributed by atoms with Crippen molar-refractivity contribution in [3.63, 3.8) is 0 Å². The maximum Gasteiger partial charge on any atom is 0.104 e. The van der Waals surface area contributed by atoms with E-state index in [9.17, 15) is 0 Å². The van der Waals surface area contributed by atoms with Crippen LogP contribution in [-0.2, 0) is 16.1 Å². The lowest BCUT2D eigenvalue weighted by atomic mass is 10.4. The number of hydrogen-bond donors (Lipinski definition) is 1. The van der Waals surface area contributed by atoms with Gasteiger partial charge in [-0.05, 0) is 18.6 Å². The van der Waals surface area contributed by atoms with Gasteiger partial charge in [-0.1, -0.05) is 18.8 Å². The van der Waals surface area contributed by atoms with Crippen molar-refractivity contribution in [1.82, 2.24) is 0 Å². The molecule has 0 saturated carbocycles. The van der Waals surface area contributed by atoms with E-state index in [0.717, 1.165) is 22.8 Å². The van der Waals surface area contributed by atoms with Crippen LogP contribution in [0.5, 0.6) is 0 Å². The summed E-state index contributed by atoms with van der Waals surface area (Å²) in [5.41, 5.74) is 0. The van der Waals surface area contributed by atoms with Crippen LogP contribution >= 0.6 is 11.3 Å². The summed E-state index contributed by atoms with van der Waals surface area (Å²) in [6.45, 7) is 4.65. The van der Waals surface area contributed by atoms with Crippen molar-refractivity contribution in [2.45, 2.75) is 20.0 Å². The third kappa shape index (κ3) is 6.44. The number of hydrogen-bond acceptors (Lipinski definition) is 4. The van der Waals surface area contributed by atoms with E-state index in [2.05, 4.69) is 18.8 Å². The molecule has 4 heteroatoms. The summed E-state index contributed by atoms with van der Waals surface area (Å²) in [5, 5.41) is 8.57. The zero-order chi connectivity index (χ0) is 12.3. The minimum absolute atomic E-state index is 0.0987. The summed E-state index contributed by atoms with van der Waals surface area (Å²) in [6, 6.07) is 3.94. The third-order valence-electron chi connectivity index (χ3n) is 1.92. The molecule has 0 aliphatic heterocycles. The number of aliphatic hydroxyl groups excluding tert-OH is 1. The van der Waals surface area contributed by atoms with E-state index in [1.165, 1.54) is 0 Å². The Balaban J connectivity index is 2.16. The lowest BCUT2D eigenvalue weighted by Gasteiger charge is -2.03. The van der Waals surface area contributed by atoms with Gasteiger partial charge in [0.25, 0.3) is 0 Å². The van der Waals surface area contributed by atoms with Crippen LogP contribution in [0.25, 0.3) is 0 Å². The second kappa shape index (κ2) is 9.20. The van der Waals surface area contributed by atoms with Gasteiger partial charge in [-0.15, -0.1) is 11.3 Å². The fourth-order valence-electron chi connectivity index (χ4n) is 1.19. The first-order chi connectivity index (χ1) is 8.36. The molecule has 0 bridgehead atoms. The van der Waals surface area contributed by atoms with Crippen molar-refractivity contribution in [2.24, 2.45) is 0 Å². The molecule has 1 heterocycles. The van der Waals surface area contributed by atoms with Crippen LogP contribution in [0, 0.1) is 11.8 Å². The van der Waals surface area contributed by atoms with E-state index in [1.807, 2.05) is 12.1 Å². The Morgan fingerprint density at radius 3 is 2.82 bits per heavy atom.